The molecular formula is C22H25FN4O. The summed E-state index contributed by atoms with van der Waals surface area (Å²) in [6.07, 6.45) is 1.58. The van der Waals surface area contributed by atoms with Gasteiger partial charge in [-0.2, -0.15) is 5.10 Å². The molecule has 0 aliphatic rings. The summed E-state index contributed by atoms with van der Waals surface area (Å²) in [7, 11) is 0. The summed E-state index contributed by atoms with van der Waals surface area (Å²) in [5.74, 6) is -0.676. The van der Waals surface area contributed by atoms with E-state index in [4.69, 9.17) is 0 Å². The molecule has 0 spiro atoms. The van der Waals surface area contributed by atoms with Gasteiger partial charge in [-0.1, -0.05) is 50.2 Å². The molecule has 3 rings (SSSR count). The van der Waals surface area contributed by atoms with Crippen molar-refractivity contribution in [2.75, 3.05) is 13.1 Å². The topological polar surface area (TPSA) is 50.2 Å². The summed E-state index contributed by atoms with van der Waals surface area (Å²) in [6.45, 7) is 7.69. The maximum atomic E-state index is 13.8. The van der Waals surface area contributed by atoms with Crippen LogP contribution in [-0.2, 0) is 13.1 Å². The summed E-state index contributed by atoms with van der Waals surface area (Å²) < 4.78 is 15.2. The minimum atomic E-state index is -0.387. The van der Waals surface area contributed by atoms with Crippen LogP contribution < -0.4 is 5.32 Å². The van der Waals surface area contributed by atoms with E-state index in [1.807, 2.05) is 12.1 Å². The lowest BCUT2D eigenvalue weighted by Crippen LogP contribution is -2.24. The molecule has 0 saturated heterocycles. The number of aromatic nitrogens is 2. The second-order valence-corrected chi connectivity index (χ2v) is 6.56. The third kappa shape index (κ3) is 4.84. The van der Waals surface area contributed by atoms with Crippen LogP contribution in [0.2, 0.25) is 0 Å². The van der Waals surface area contributed by atoms with Crippen LogP contribution in [0, 0.1) is 5.82 Å². The van der Waals surface area contributed by atoms with E-state index in [2.05, 4.69) is 41.3 Å². The van der Waals surface area contributed by atoms with E-state index in [0.717, 1.165) is 25.2 Å². The first kappa shape index (κ1) is 19.8. The van der Waals surface area contributed by atoms with E-state index in [-0.39, 0.29) is 17.4 Å². The Bertz CT molecular complexity index is 916. The van der Waals surface area contributed by atoms with E-state index in [1.165, 1.54) is 16.3 Å². The first-order chi connectivity index (χ1) is 13.6. The molecule has 3 aromatic rings. The Kier molecular flexibility index (Phi) is 6.55. The van der Waals surface area contributed by atoms with Crippen LogP contribution >= 0.6 is 0 Å². The molecule has 0 aliphatic carbocycles. The average molecular weight is 380 g/mol. The van der Waals surface area contributed by atoms with Gasteiger partial charge in [0.15, 0.2) is 5.69 Å². The molecule has 0 atom stereocenters. The van der Waals surface area contributed by atoms with Crippen molar-refractivity contribution < 1.29 is 9.18 Å². The molecule has 146 valence electrons. The highest BCUT2D eigenvalue weighted by molar-refractivity contribution is 5.92. The quantitative estimate of drug-likeness (QED) is 0.647. The second kappa shape index (κ2) is 9.28. The number of carbonyl (C=O) groups excluding carboxylic acids is 1. The molecule has 1 N–H and O–H groups in total. The first-order valence-electron chi connectivity index (χ1n) is 9.49. The number of hydrogen-bond donors (Lipinski definition) is 1. The lowest BCUT2D eigenvalue weighted by Gasteiger charge is -2.18. The van der Waals surface area contributed by atoms with Gasteiger partial charge in [0.1, 0.15) is 11.5 Å². The van der Waals surface area contributed by atoms with Gasteiger partial charge in [-0.05, 0) is 42.4 Å². The molecule has 1 amide bonds. The Morgan fingerprint density at radius 3 is 2.39 bits per heavy atom. The van der Waals surface area contributed by atoms with Gasteiger partial charge in [-0.25, -0.2) is 9.07 Å². The van der Waals surface area contributed by atoms with Crippen LogP contribution in [-0.4, -0.2) is 33.7 Å². The molecule has 0 fully saturated rings. The molecule has 0 saturated carbocycles. The molecule has 0 unspecified atom stereocenters. The number of benzene rings is 2. The van der Waals surface area contributed by atoms with E-state index in [9.17, 15) is 9.18 Å². The van der Waals surface area contributed by atoms with E-state index >= 15 is 0 Å². The number of amides is 1. The van der Waals surface area contributed by atoms with Crippen molar-refractivity contribution in [2.24, 2.45) is 0 Å². The largest absolute Gasteiger partial charge is 0.347 e. The summed E-state index contributed by atoms with van der Waals surface area (Å²) >= 11 is 0. The predicted molar refractivity (Wildman–Crippen MR) is 108 cm³/mol. The monoisotopic (exact) mass is 380 g/mol. The van der Waals surface area contributed by atoms with Gasteiger partial charge in [0.05, 0.1) is 0 Å². The number of hydrogen-bond acceptors (Lipinski definition) is 3. The Morgan fingerprint density at radius 1 is 1.04 bits per heavy atom. The van der Waals surface area contributed by atoms with Crippen molar-refractivity contribution >= 4 is 5.91 Å². The van der Waals surface area contributed by atoms with Gasteiger partial charge in [-0.15, -0.1) is 0 Å². The zero-order chi connectivity index (χ0) is 19.9. The summed E-state index contributed by atoms with van der Waals surface area (Å²) in [5.41, 5.74) is 2.83. The molecular weight excluding hydrogens is 355 g/mol. The van der Waals surface area contributed by atoms with Crippen LogP contribution in [0.1, 0.15) is 35.5 Å². The van der Waals surface area contributed by atoms with Crippen molar-refractivity contribution in [3.05, 3.63) is 83.4 Å². The number of nitrogens with one attached hydrogen (secondary N) is 1. The maximum Gasteiger partial charge on any atom is 0.272 e. The van der Waals surface area contributed by atoms with Crippen LogP contribution in [0.15, 0.2) is 60.8 Å². The van der Waals surface area contributed by atoms with Gasteiger partial charge in [0.25, 0.3) is 5.91 Å². The third-order valence-electron chi connectivity index (χ3n) is 4.70. The van der Waals surface area contributed by atoms with Gasteiger partial charge >= 0.3 is 0 Å². The minimum Gasteiger partial charge on any atom is -0.347 e. The Balaban J connectivity index is 1.58. The van der Waals surface area contributed by atoms with E-state index < -0.39 is 0 Å². The summed E-state index contributed by atoms with van der Waals surface area (Å²) in [5, 5.41) is 7.04. The molecule has 0 aliphatic heterocycles. The molecule has 2 aromatic carbocycles. The fourth-order valence-corrected chi connectivity index (χ4v) is 2.96. The highest BCUT2D eigenvalue weighted by Gasteiger charge is 2.12. The Morgan fingerprint density at radius 2 is 1.71 bits per heavy atom. The van der Waals surface area contributed by atoms with Crippen molar-refractivity contribution in [3.63, 3.8) is 0 Å². The Labute approximate surface area is 164 Å². The first-order valence-corrected chi connectivity index (χ1v) is 9.49. The molecule has 5 nitrogen and oxygen atoms in total. The van der Waals surface area contributed by atoms with Gasteiger partial charge in [0.2, 0.25) is 0 Å². The molecule has 28 heavy (non-hydrogen) atoms. The van der Waals surface area contributed by atoms with Crippen LogP contribution in [0.4, 0.5) is 4.39 Å². The molecule has 0 radical (unpaired) electrons. The van der Waals surface area contributed by atoms with Gasteiger partial charge in [-0.3, -0.25) is 9.69 Å². The molecule has 6 heteroatoms. The van der Waals surface area contributed by atoms with Crippen molar-refractivity contribution in [3.8, 4) is 5.69 Å². The SMILES string of the molecule is CCN(CC)Cc1ccc(CNC(=O)c2ccn(-c3ccccc3F)n2)cc1. The van der Waals surface area contributed by atoms with Gasteiger partial charge < -0.3 is 5.32 Å². The highest BCUT2D eigenvalue weighted by atomic mass is 19.1. The third-order valence-corrected chi connectivity index (χ3v) is 4.70. The highest BCUT2D eigenvalue weighted by Crippen LogP contribution is 2.12. The summed E-state index contributed by atoms with van der Waals surface area (Å²) in [4.78, 5) is 14.7. The summed E-state index contributed by atoms with van der Waals surface area (Å²) in [6, 6.07) is 16.1. The number of rotatable bonds is 8. The lowest BCUT2D eigenvalue weighted by atomic mass is 10.1. The smallest absolute Gasteiger partial charge is 0.272 e. The second-order valence-electron chi connectivity index (χ2n) is 6.56. The average Bonchev–Trinajstić information content (AvgIpc) is 3.21. The number of carbonyl (C=O) groups is 1. The van der Waals surface area contributed by atoms with Crippen LogP contribution in [0.5, 0.6) is 0 Å². The number of para-hydroxylation sites is 1. The number of halogens is 1. The zero-order valence-corrected chi connectivity index (χ0v) is 16.2. The van der Waals surface area contributed by atoms with Crippen LogP contribution in [0.25, 0.3) is 5.69 Å². The zero-order valence-electron chi connectivity index (χ0n) is 16.2. The number of nitrogens with zero attached hydrogens (tertiary/aromatic N) is 3. The standard InChI is InChI=1S/C22H25FN4O/c1-3-26(4-2)16-18-11-9-17(10-12-18)15-24-22(28)20-13-14-27(25-20)21-8-6-5-7-19(21)23/h5-14H,3-4,15-16H2,1-2H3,(H,24,28). The molecule has 1 aromatic heterocycles. The lowest BCUT2D eigenvalue weighted by molar-refractivity contribution is 0.0945. The van der Waals surface area contributed by atoms with Crippen LogP contribution in [0.3, 0.4) is 0 Å². The minimum absolute atomic E-state index is 0.251. The van der Waals surface area contributed by atoms with E-state index in [1.54, 1.807) is 30.5 Å². The maximum absolute atomic E-state index is 13.8. The fourth-order valence-electron chi connectivity index (χ4n) is 2.96. The molecule has 0 bridgehead atoms. The molecule has 1 heterocycles. The van der Waals surface area contributed by atoms with Crippen molar-refractivity contribution in [1.29, 1.82) is 0 Å². The van der Waals surface area contributed by atoms with E-state index in [0.29, 0.717) is 12.2 Å². The van der Waals surface area contributed by atoms with Crippen molar-refractivity contribution in [1.82, 2.24) is 20.0 Å². The van der Waals surface area contributed by atoms with Gasteiger partial charge in [0, 0.05) is 19.3 Å². The van der Waals surface area contributed by atoms with Crippen molar-refractivity contribution in [2.45, 2.75) is 26.9 Å². The fraction of sp³-hybridized carbons (Fsp3) is 0.273. The Hall–Kier alpha value is -2.99. The predicted octanol–water partition coefficient (Wildman–Crippen LogP) is 3.78. The normalized spacial score (nSPS) is 11.0.